The van der Waals surface area contributed by atoms with E-state index in [0.717, 1.165) is 22.0 Å². The van der Waals surface area contributed by atoms with E-state index in [9.17, 15) is 9.59 Å². The van der Waals surface area contributed by atoms with Crippen molar-refractivity contribution in [1.29, 1.82) is 0 Å². The number of fused-ring (bicyclic) bond motifs is 3. The normalized spacial score (nSPS) is 11.2. The zero-order chi connectivity index (χ0) is 22.9. The number of carbonyl (C=O) groups excluding carboxylic acids is 1. The number of halogens is 1. The van der Waals surface area contributed by atoms with Gasteiger partial charge in [0.1, 0.15) is 5.52 Å². The van der Waals surface area contributed by atoms with Crippen LogP contribution in [0, 0.1) is 0 Å². The number of carboxylic acid groups (broad SMARTS) is 1. The van der Waals surface area contributed by atoms with E-state index in [1.54, 1.807) is 18.2 Å². The van der Waals surface area contributed by atoms with Crippen LogP contribution in [0.15, 0.2) is 77.7 Å². The van der Waals surface area contributed by atoms with Gasteiger partial charge in [0.05, 0.1) is 16.6 Å². The second-order valence-electron chi connectivity index (χ2n) is 7.64. The van der Waals surface area contributed by atoms with E-state index < -0.39 is 5.97 Å². The minimum Gasteiger partial charge on any atom is -0.478 e. The molecule has 8 heteroatoms. The van der Waals surface area contributed by atoms with E-state index in [4.69, 9.17) is 21.1 Å². The molecular formula is C25H18ClN3O4. The molecule has 0 unspecified atom stereocenters. The van der Waals surface area contributed by atoms with Gasteiger partial charge in [-0.1, -0.05) is 35.9 Å². The molecule has 2 N–H and O–H groups in total. The Morgan fingerprint density at radius 3 is 2.64 bits per heavy atom. The van der Waals surface area contributed by atoms with Crippen molar-refractivity contribution in [3.8, 4) is 0 Å². The van der Waals surface area contributed by atoms with E-state index >= 15 is 0 Å². The number of nitrogens with zero attached hydrogens (tertiary/aromatic N) is 2. The third-order valence-electron chi connectivity index (χ3n) is 5.48. The molecule has 0 saturated heterocycles. The zero-order valence-corrected chi connectivity index (χ0v) is 18.0. The minimum atomic E-state index is -0.992. The van der Waals surface area contributed by atoms with Gasteiger partial charge in [0, 0.05) is 29.7 Å². The molecule has 33 heavy (non-hydrogen) atoms. The number of carbonyl (C=O) groups is 2. The Morgan fingerprint density at radius 1 is 1.06 bits per heavy atom. The Bertz CT molecular complexity index is 1500. The van der Waals surface area contributed by atoms with Crippen molar-refractivity contribution in [1.82, 2.24) is 14.9 Å². The van der Waals surface area contributed by atoms with Gasteiger partial charge in [-0.05, 0) is 47.5 Å². The van der Waals surface area contributed by atoms with Gasteiger partial charge >= 0.3 is 5.97 Å². The number of oxazole rings is 1. The smallest absolute Gasteiger partial charge is 0.335 e. The number of nitrogens with one attached hydrogen (secondary N) is 1. The lowest BCUT2D eigenvalue weighted by atomic mass is 10.1. The van der Waals surface area contributed by atoms with Crippen molar-refractivity contribution in [2.45, 2.75) is 13.1 Å². The van der Waals surface area contributed by atoms with Gasteiger partial charge in [-0.25, -0.2) is 9.78 Å². The number of amides is 1. The maximum Gasteiger partial charge on any atom is 0.335 e. The highest BCUT2D eigenvalue weighted by Gasteiger charge is 2.19. The van der Waals surface area contributed by atoms with Crippen LogP contribution in [0.1, 0.15) is 31.8 Å². The highest BCUT2D eigenvalue weighted by molar-refractivity contribution is 6.30. The molecule has 1 amide bonds. The highest BCUT2D eigenvalue weighted by atomic mass is 35.5. The first-order chi connectivity index (χ1) is 16.0. The molecule has 0 atom stereocenters. The number of hydrogen-bond acceptors (Lipinski definition) is 4. The molecule has 0 fully saturated rings. The minimum absolute atomic E-state index is 0.196. The van der Waals surface area contributed by atoms with Crippen LogP contribution in [0.25, 0.3) is 22.0 Å². The number of rotatable bonds is 6. The maximum atomic E-state index is 13.2. The lowest BCUT2D eigenvalue weighted by molar-refractivity contribution is 0.0696. The first kappa shape index (κ1) is 20.8. The van der Waals surface area contributed by atoms with Gasteiger partial charge in [-0.2, -0.15) is 0 Å². The second-order valence-corrected chi connectivity index (χ2v) is 8.08. The molecule has 7 nitrogen and oxygen atoms in total. The molecule has 2 aromatic heterocycles. The van der Waals surface area contributed by atoms with Gasteiger partial charge < -0.3 is 19.4 Å². The van der Waals surface area contributed by atoms with Crippen LogP contribution >= 0.6 is 11.6 Å². The molecule has 0 saturated carbocycles. The third kappa shape index (κ3) is 4.06. The molecule has 0 aliphatic rings. The molecule has 0 bridgehead atoms. The Kier molecular flexibility index (Phi) is 5.32. The fourth-order valence-corrected chi connectivity index (χ4v) is 4.12. The van der Waals surface area contributed by atoms with E-state index in [-0.39, 0.29) is 18.0 Å². The van der Waals surface area contributed by atoms with Gasteiger partial charge in [0.25, 0.3) is 5.91 Å². The summed E-state index contributed by atoms with van der Waals surface area (Å²) in [5.74, 6) is -1.26. The van der Waals surface area contributed by atoms with E-state index in [2.05, 4.69) is 10.3 Å². The first-order valence-corrected chi connectivity index (χ1v) is 10.6. The summed E-state index contributed by atoms with van der Waals surface area (Å²) in [6.07, 6.45) is 3.28. The third-order valence-corrected chi connectivity index (χ3v) is 5.72. The average molecular weight is 460 g/mol. The number of benzene rings is 3. The lowest BCUT2D eigenvalue weighted by Crippen LogP contribution is -2.23. The Labute approximate surface area is 193 Å². The van der Waals surface area contributed by atoms with Crippen LogP contribution in [-0.2, 0) is 13.1 Å². The van der Waals surface area contributed by atoms with Crippen LogP contribution < -0.4 is 5.32 Å². The fraction of sp³-hybridized carbons (Fsp3) is 0.0800. The summed E-state index contributed by atoms with van der Waals surface area (Å²) in [7, 11) is 0. The Hall–Kier alpha value is -4.10. The summed E-state index contributed by atoms with van der Waals surface area (Å²) in [5.41, 5.74) is 4.42. The van der Waals surface area contributed by atoms with Gasteiger partial charge in [0.15, 0.2) is 12.0 Å². The van der Waals surface area contributed by atoms with Crippen LogP contribution in [0.5, 0.6) is 0 Å². The predicted octanol–water partition coefficient (Wildman–Crippen LogP) is 5.11. The molecule has 164 valence electrons. The second kappa shape index (κ2) is 8.44. The van der Waals surface area contributed by atoms with Gasteiger partial charge in [-0.15, -0.1) is 0 Å². The van der Waals surface area contributed by atoms with Crippen molar-refractivity contribution in [2.75, 3.05) is 0 Å². The summed E-state index contributed by atoms with van der Waals surface area (Å²) in [6.45, 7) is 0.786. The van der Waals surface area contributed by atoms with E-state index in [1.165, 1.54) is 18.5 Å². The fourth-order valence-electron chi connectivity index (χ4n) is 3.90. The van der Waals surface area contributed by atoms with E-state index in [1.807, 2.05) is 41.1 Å². The predicted molar refractivity (Wildman–Crippen MR) is 125 cm³/mol. The topological polar surface area (TPSA) is 97.4 Å². The molecular weight excluding hydrogens is 442 g/mol. The summed E-state index contributed by atoms with van der Waals surface area (Å²) in [4.78, 5) is 28.6. The van der Waals surface area contributed by atoms with Gasteiger partial charge in [-0.3, -0.25) is 4.79 Å². The summed E-state index contributed by atoms with van der Waals surface area (Å²) in [5, 5.41) is 13.4. The van der Waals surface area contributed by atoms with Gasteiger partial charge in [0.2, 0.25) is 0 Å². The van der Waals surface area contributed by atoms with Crippen molar-refractivity contribution in [3.05, 3.63) is 101 Å². The number of carboxylic acids is 1. The summed E-state index contributed by atoms with van der Waals surface area (Å²) in [6, 6.07) is 17.6. The molecule has 5 rings (SSSR count). The number of hydrogen-bond donors (Lipinski definition) is 2. The standard InChI is InChI=1S/C25H18ClN3O4/c26-18-3-1-2-16(10-18)13-29-9-8-19-22-21(33-14-28-22)11-20(23(19)29)24(30)27-12-15-4-6-17(7-5-15)25(31)32/h1-11,14H,12-13H2,(H,27,30)(H,31,32). The number of aromatic carboxylic acids is 1. The van der Waals surface area contributed by atoms with Crippen molar-refractivity contribution in [3.63, 3.8) is 0 Å². The summed E-state index contributed by atoms with van der Waals surface area (Å²) < 4.78 is 7.48. The van der Waals surface area contributed by atoms with Crippen LogP contribution in [-0.4, -0.2) is 26.5 Å². The van der Waals surface area contributed by atoms with Crippen molar-refractivity contribution in [2.24, 2.45) is 0 Å². The van der Waals surface area contributed by atoms with E-state index in [0.29, 0.717) is 28.2 Å². The maximum absolute atomic E-state index is 13.2. The molecule has 3 aromatic carbocycles. The van der Waals surface area contributed by atoms with Crippen LogP contribution in [0.3, 0.4) is 0 Å². The lowest BCUT2D eigenvalue weighted by Gasteiger charge is -2.11. The summed E-state index contributed by atoms with van der Waals surface area (Å²) >= 11 is 6.15. The average Bonchev–Trinajstić information content (AvgIpc) is 3.44. The van der Waals surface area contributed by atoms with Crippen molar-refractivity contribution < 1.29 is 19.1 Å². The largest absolute Gasteiger partial charge is 0.478 e. The molecule has 0 radical (unpaired) electrons. The zero-order valence-electron chi connectivity index (χ0n) is 17.3. The first-order valence-electron chi connectivity index (χ1n) is 10.2. The van der Waals surface area contributed by atoms with Crippen LogP contribution in [0.2, 0.25) is 5.02 Å². The van der Waals surface area contributed by atoms with Crippen molar-refractivity contribution >= 4 is 45.5 Å². The van der Waals surface area contributed by atoms with Crippen LogP contribution in [0.4, 0.5) is 0 Å². The molecule has 0 aliphatic heterocycles. The Balaban J connectivity index is 1.49. The molecule has 0 spiro atoms. The monoisotopic (exact) mass is 459 g/mol. The number of aromatic nitrogens is 2. The SMILES string of the molecule is O=C(O)c1ccc(CNC(=O)c2cc3ocnc3c3ccn(Cc4cccc(Cl)c4)c23)cc1. The quantitative estimate of drug-likeness (QED) is 0.367. The molecule has 0 aliphatic carbocycles. The molecule has 5 aromatic rings. The highest BCUT2D eigenvalue weighted by Crippen LogP contribution is 2.30. The molecule has 2 heterocycles. The Morgan fingerprint density at radius 2 is 1.88 bits per heavy atom.